The second kappa shape index (κ2) is 9.12. The van der Waals surface area contributed by atoms with E-state index in [2.05, 4.69) is 13.0 Å². The average Bonchev–Trinajstić information content (AvgIpc) is 2.92. The molecule has 1 heterocycles. The third-order valence-electron chi connectivity index (χ3n) is 4.61. The number of carbonyl (C=O) groups excluding carboxylic acids is 1. The molecule has 3 rings (SSSR count). The smallest absolute Gasteiger partial charge is 0.225 e. The Morgan fingerprint density at radius 1 is 1.38 bits per heavy atom. The molecule has 2 atom stereocenters. The molecule has 5 heteroatoms. The van der Waals surface area contributed by atoms with E-state index in [-0.39, 0.29) is 50.8 Å². The quantitative estimate of drug-likeness (QED) is 0.433. The first-order valence-corrected chi connectivity index (χ1v) is 8.36. The number of hydrogen-bond acceptors (Lipinski definition) is 3. The van der Waals surface area contributed by atoms with E-state index in [9.17, 15) is 9.90 Å². The third kappa shape index (κ3) is 4.47. The molecule has 1 unspecified atom stereocenters. The number of unbranched alkanes of at least 4 members (excludes halogenated alkanes) is 1. The van der Waals surface area contributed by atoms with Crippen molar-refractivity contribution in [2.75, 3.05) is 13.2 Å². The van der Waals surface area contributed by atoms with Crippen molar-refractivity contribution >= 4 is 5.91 Å². The van der Waals surface area contributed by atoms with E-state index in [1.807, 2.05) is 29.2 Å². The van der Waals surface area contributed by atoms with Gasteiger partial charge in [0, 0.05) is 39.3 Å². The van der Waals surface area contributed by atoms with E-state index < -0.39 is 0 Å². The first-order valence-electron chi connectivity index (χ1n) is 8.36. The summed E-state index contributed by atoms with van der Waals surface area (Å²) in [6.07, 6.45) is 7.86. The summed E-state index contributed by atoms with van der Waals surface area (Å²) in [6, 6.07) is 6.04. The van der Waals surface area contributed by atoms with Crippen LogP contribution in [0.5, 0.6) is 5.75 Å². The fourth-order valence-corrected chi connectivity index (χ4v) is 3.20. The number of carbonyl (C=O) groups is 1. The van der Waals surface area contributed by atoms with Gasteiger partial charge >= 0.3 is 0 Å². The van der Waals surface area contributed by atoms with E-state index in [0.29, 0.717) is 19.6 Å². The Bertz CT molecular complexity index is 602. The van der Waals surface area contributed by atoms with Crippen LogP contribution in [0, 0.1) is 6.92 Å². The minimum Gasteiger partial charge on any atom is -0.491 e. The summed E-state index contributed by atoms with van der Waals surface area (Å²) in [4.78, 5) is 13.6. The fourth-order valence-electron chi connectivity index (χ4n) is 3.20. The number of ether oxygens (including phenoxy) is 1. The van der Waals surface area contributed by atoms with Crippen LogP contribution in [0.4, 0.5) is 0 Å². The van der Waals surface area contributed by atoms with Crippen LogP contribution < -0.4 is 4.74 Å². The molecule has 1 amide bonds. The van der Waals surface area contributed by atoms with Gasteiger partial charge in [-0.15, -0.1) is 0 Å². The second-order valence-corrected chi connectivity index (χ2v) is 6.24. The molecule has 1 aromatic carbocycles. The van der Waals surface area contributed by atoms with Gasteiger partial charge in [-0.3, -0.25) is 4.79 Å². The molecule has 1 aromatic rings. The van der Waals surface area contributed by atoms with Crippen molar-refractivity contribution in [3.05, 3.63) is 48.4 Å². The summed E-state index contributed by atoms with van der Waals surface area (Å²) in [5, 5.41) is 9.83. The summed E-state index contributed by atoms with van der Waals surface area (Å²) in [5.41, 5.74) is 2.20. The van der Waals surface area contributed by atoms with Crippen LogP contribution in [0.2, 0.25) is 0 Å². The van der Waals surface area contributed by atoms with Gasteiger partial charge in [0.1, 0.15) is 12.4 Å². The first-order chi connectivity index (χ1) is 11.2. The number of β-lactam (4-membered cyclic amide) rings is 1. The maximum Gasteiger partial charge on any atom is 0.225 e. The van der Waals surface area contributed by atoms with Gasteiger partial charge in [-0.1, -0.05) is 24.6 Å². The van der Waals surface area contributed by atoms with Gasteiger partial charge in [0.25, 0.3) is 0 Å². The molecule has 0 spiro atoms. The van der Waals surface area contributed by atoms with Crippen molar-refractivity contribution in [1.82, 2.24) is 4.90 Å². The zero-order valence-corrected chi connectivity index (χ0v) is 16.8. The number of likely N-dealkylation sites (tertiary alicyclic amines) is 1. The fraction of sp³-hybridized carbons (Fsp3) is 0.474. The number of benzene rings is 1. The number of aryl methyl sites for hydroxylation is 1. The Labute approximate surface area is 169 Å². The Kier molecular flexibility index (Phi) is 7.45. The van der Waals surface area contributed by atoms with Crippen LogP contribution in [-0.4, -0.2) is 35.1 Å². The Morgan fingerprint density at radius 3 is 2.96 bits per heavy atom. The van der Waals surface area contributed by atoms with Crippen molar-refractivity contribution < 1.29 is 47.3 Å². The zero-order chi connectivity index (χ0) is 16.2. The summed E-state index contributed by atoms with van der Waals surface area (Å²) in [7, 11) is 0. The van der Waals surface area contributed by atoms with Crippen molar-refractivity contribution in [2.45, 2.75) is 44.2 Å². The molecule has 1 saturated heterocycles. The minimum atomic E-state index is -0.330. The van der Waals surface area contributed by atoms with Crippen LogP contribution in [0.3, 0.4) is 0 Å². The number of allylic oxidation sites excluding steroid dienone is 1. The van der Waals surface area contributed by atoms with Crippen molar-refractivity contribution in [3.8, 4) is 5.75 Å². The Morgan fingerprint density at radius 2 is 2.21 bits per heavy atom. The zero-order valence-electron chi connectivity index (χ0n) is 14.0. The standard InChI is InChI=1S/C19H24NO3.Y/c1-2-3-4-5-10-20-15(12-19(20)22)13-23-16-7-8-17-14(11-16)6-9-18(17)21;/h4-5,7-8,11,15,18,21H,1-3,6,9-10,12-13H2;/q-1;/b5-4-;/t15-,18?;/m1./s1. The Hall–Kier alpha value is -0.706. The van der Waals surface area contributed by atoms with Crippen molar-refractivity contribution in [3.63, 3.8) is 0 Å². The summed E-state index contributed by atoms with van der Waals surface area (Å²) < 4.78 is 5.87. The van der Waals surface area contributed by atoms with Gasteiger partial charge in [0.05, 0.1) is 18.6 Å². The maximum atomic E-state index is 11.7. The molecule has 4 nitrogen and oxygen atoms in total. The predicted molar refractivity (Wildman–Crippen MR) is 89.1 cm³/mol. The molecular formula is C19H24NO3Y-. The predicted octanol–water partition coefficient (Wildman–Crippen LogP) is 2.81. The van der Waals surface area contributed by atoms with Crippen LogP contribution >= 0.6 is 0 Å². The molecule has 1 aliphatic heterocycles. The molecule has 0 saturated carbocycles. The van der Waals surface area contributed by atoms with Gasteiger partial charge < -0.3 is 21.7 Å². The SMILES string of the molecule is [CH2-]CC/C=C\CN1C(=O)C[C@@H]1COc1ccc2c(c1)CCC2O.[Y]. The van der Waals surface area contributed by atoms with Gasteiger partial charge in [0.15, 0.2) is 0 Å². The third-order valence-corrected chi connectivity index (χ3v) is 4.61. The molecule has 24 heavy (non-hydrogen) atoms. The molecule has 1 aliphatic carbocycles. The van der Waals surface area contributed by atoms with E-state index in [1.54, 1.807) is 0 Å². The van der Waals surface area contributed by atoms with Crippen LogP contribution in [0.15, 0.2) is 30.4 Å². The molecule has 1 N–H and O–H groups in total. The summed E-state index contributed by atoms with van der Waals surface area (Å²) >= 11 is 0. The van der Waals surface area contributed by atoms with Gasteiger partial charge in [-0.2, -0.15) is 6.42 Å². The summed E-state index contributed by atoms with van der Waals surface area (Å²) in [5.74, 6) is 1.01. The Balaban J connectivity index is 0.00000208. The van der Waals surface area contributed by atoms with E-state index in [0.717, 1.165) is 37.0 Å². The number of aliphatic hydroxyl groups is 1. The number of hydrogen-bond donors (Lipinski definition) is 1. The first kappa shape index (κ1) is 19.6. The number of fused-ring (bicyclic) bond motifs is 1. The van der Waals surface area contributed by atoms with Gasteiger partial charge in [0.2, 0.25) is 5.91 Å². The van der Waals surface area contributed by atoms with Crippen LogP contribution in [-0.2, 0) is 43.9 Å². The molecule has 1 fully saturated rings. The topological polar surface area (TPSA) is 49.8 Å². The molecular weight excluding hydrogens is 379 g/mol. The molecule has 0 aromatic heterocycles. The van der Waals surface area contributed by atoms with Gasteiger partial charge in [-0.25, -0.2) is 0 Å². The second-order valence-electron chi connectivity index (χ2n) is 6.24. The van der Waals surface area contributed by atoms with E-state index >= 15 is 0 Å². The summed E-state index contributed by atoms with van der Waals surface area (Å²) in [6.45, 7) is 4.97. The minimum absolute atomic E-state index is 0. The average molecular weight is 403 g/mol. The van der Waals surface area contributed by atoms with Crippen molar-refractivity contribution in [2.24, 2.45) is 0 Å². The monoisotopic (exact) mass is 403 g/mol. The van der Waals surface area contributed by atoms with Crippen LogP contribution in [0.1, 0.15) is 42.9 Å². The number of aliphatic hydroxyl groups excluding tert-OH is 1. The van der Waals surface area contributed by atoms with Crippen molar-refractivity contribution in [1.29, 1.82) is 0 Å². The van der Waals surface area contributed by atoms with E-state index in [1.165, 1.54) is 5.56 Å². The number of rotatable bonds is 7. The normalized spacial score (nSPS) is 22.2. The van der Waals surface area contributed by atoms with E-state index in [4.69, 9.17) is 4.74 Å². The number of amides is 1. The molecule has 2 aliphatic rings. The number of nitrogens with zero attached hydrogens (tertiary/aromatic N) is 1. The molecule has 0 bridgehead atoms. The maximum absolute atomic E-state index is 11.7. The van der Waals surface area contributed by atoms with Crippen LogP contribution in [0.25, 0.3) is 0 Å². The van der Waals surface area contributed by atoms with Gasteiger partial charge in [-0.05, 0) is 36.1 Å². The molecule has 1 radical (unpaired) electrons. The largest absolute Gasteiger partial charge is 0.491 e. The molecule has 127 valence electrons.